The molecule has 3 saturated heterocycles. The number of nitrogens with two attached hydrogens (primary N) is 1. The van der Waals surface area contributed by atoms with E-state index in [-0.39, 0.29) is 23.8 Å². The molecule has 3 atom stereocenters. The molecule has 15 heterocycles. The number of hydrogen-bond acceptors (Lipinski definition) is 20. The lowest BCUT2D eigenvalue weighted by Crippen LogP contribution is -2.42. The van der Waals surface area contributed by atoms with Crippen LogP contribution in [0, 0.1) is 11.8 Å². The molecule has 32 heteroatoms. The van der Waals surface area contributed by atoms with Crippen LogP contribution in [0.25, 0.3) is 22.6 Å². The highest BCUT2D eigenvalue weighted by atomic mass is 79.9. The van der Waals surface area contributed by atoms with Gasteiger partial charge in [-0.05, 0) is 188 Å². The molecule has 28 nitrogen and oxygen atoms in total. The molecule has 0 bridgehead atoms. The number of carbonyl (C=O) groups excluding carboxylic acids is 4. The van der Waals surface area contributed by atoms with Gasteiger partial charge in [-0.2, -0.15) is 38.5 Å². The Balaban J connectivity index is 0.000000122. The van der Waals surface area contributed by atoms with E-state index in [1.54, 1.807) is 72.8 Å². The van der Waals surface area contributed by atoms with E-state index in [1.807, 2.05) is 103 Å². The van der Waals surface area contributed by atoms with Crippen LogP contribution in [-0.2, 0) is 40.6 Å². The summed E-state index contributed by atoms with van der Waals surface area (Å²) in [6.07, 6.45) is 33.3. The number of anilines is 4. The molecule has 17 rings (SSSR count). The fourth-order valence-corrected chi connectivity index (χ4v) is 16.1. The lowest BCUT2D eigenvalue weighted by atomic mass is 9.78. The molecule has 0 aromatic carbocycles. The molecule has 110 heavy (non-hydrogen) atoms. The Morgan fingerprint density at radius 2 is 0.764 bits per heavy atom. The van der Waals surface area contributed by atoms with Crippen LogP contribution in [0.1, 0.15) is 160 Å². The van der Waals surface area contributed by atoms with Crippen molar-refractivity contribution in [3.8, 4) is 0 Å². The number of ketones is 1. The van der Waals surface area contributed by atoms with E-state index in [4.69, 9.17) is 25.7 Å². The number of primary amides is 1. The average Bonchev–Trinajstić information content (AvgIpc) is 1.58. The first-order chi connectivity index (χ1) is 53.5. The van der Waals surface area contributed by atoms with Crippen LogP contribution in [0.5, 0.6) is 0 Å². The first kappa shape index (κ1) is 76.8. The number of piperidine rings is 3. The number of nitrogens with zero attached hydrogens (tertiary/aromatic N) is 19. The summed E-state index contributed by atoms with van der Waals surface area (Å²) in [7, 11) is 0. The summed E-state index contributed by atoms with van der Waals surface area (Å²) < 4.78 is 10.7. The molecule has 0 spiro atoms. The molecule has 6 N–H and O–H groups in total. The normalized spacial score (nSPS) is 17.5. The predicted octanol–water partition coefficient (Wildman–Crippen LogP) is 14.0. The SMILES string of the molecule is CC(=O)C1CCCC(c2cc(NCc3cccnc3)n3ncc(Br)c3n2)C1.CC(=O)N1CCC(c2cc(NCc3cccnc3)n3ncc(Br)c3n2)CC1.NC(=O)N1CCCC(c2cc(NCc3cccnc3)n3ncc(Br)c3n2)C1.O=C(C1CC1)N1CCC(c2cc(NCc3cccnc3)n3ncc(Br)c3n2)CC1. The molecule has 4 amide bonds. The van der Waals surface area contributed by atoms with Gasteiger partial charge in [0.15, 0.2) is 22.6 Å². The maximum Gasteiger partial charge on any atom is 0.314 e. The minimum Gasteiger partial charge on any atom is -0.366 e. The van der Waals surface area contributed by atoms with Crippen molar-refractivity contribution >= 4 is 133 Å². The molecular weight excluding hydrogens is 1660 g/mol. The highest BCUT2D eigenvalue weighted by Crippen LogP contribution is 2.40. The zero-order chi connectivity index (χ0) is 76.2. The number of urea groups is 1. The molecule has 12 aromatic rings. The van der Waals surface area contributed by atoms with Gasteiger partial charge in [-0.3, -0.25) is 34.3 Å². The van der Waals surface area contributed by atoms with Crippen molar-refractivity contribution in [3.05, 3.63) is 210 Å². The Morgan fingerprint density at radius 3 is 1.10 bits per heavy atom. The van der Waals surface area contributed by atoms with Gasteiger partial charge in [0.1, 0.15) is 29.1 Å². The first-order valence-electron chi connectivity index (χ1n) is 37.3. The van der Waals surface area contributed by atoms with Gasteiger partial charge in [0.2, 0.25) is 11.8 Å². The van der Waals surface area contributed by atoms with E-state index in [9.17, 15) is 19.2 Å². The monoisotopic (exact) mass is 1740 g/mol. The van der Waals surface area contributed by atoms with Gasteiger partial charge >= 0.3 is 6.03 Å². The molecule has 570 valence electrons. The highest BCUT2D eigenvalue weighted by Gasteiger charge is 2.36. The standard InChI is InChI=1S/C21H23BrN6O.C20H22BrN5O.C19H21BrN6O.C18H20BrN7O/c22-17-13-25-28-19(24-12-14-2-1-7-23-11-14)10-18(26-20(17)28)15-5-8-27(9-6-15)21(29)16-3-4-16;1-13(27)15-5-2-6-16(8-15)18-9-19(23-11-14-4-3-7-22-10-14)26-20(25-18)17(21)12-24-26;1-13(27)25-7-4-15(5-8-25)17-9-18(22-11-14-3-2-6-21-10-14)26-19(24-17)16(20)12-23-26;19-14-10-23-26-16(22-9-12-3-1-5-21-8-12)7-15(24-17(14)26)13-4-2-6-25(11-13)18(20)27/h1-2,7,10-11,13,15-16,24H,3-6,8-9,12H2;3-4,7,9-10,12,15-16,23H,2,5-6,8,11H2,1H3;2-3,6,9-10,12,15,22H,4-5,7-8,11H2,1H3;1,3,5,7-8,10,13,22H,2,4,6,9,11H2,(H2,20,27). The van der Waals surface area contributed by atoms with E-state index >= 15 is 0 Å². The zero-order valence-electron chi connectivity index (χ0n) is 61.1. The third-order valence-corrected chi connectivity index (χ3v) is 23.1. The number of rotatable bonds is 18. The number of pyridine rings is 4. The maximum absolute atomic E-state index is 12.3. The molecule has 12 aromatic heterocycles. The lowest BCUT2D eigenvalue weighted by molar-refractivity contribution is -0.133. The number of fused-ring (bicyclic) bond motifs is 4. The van der Waals surface area contributed by atoms with Gasteiger partial charge in [0, 0.05) is 199 Å². The molecular formula is C78H86Br4N24O4. The van der Waals surface area contributed by atoms with Gasteiger partial charge in [0.05, 0.1) is 48.4 Å². The second-order valence-corrected chi connectivity index (χ2v) is 31.9. The highest BCUT2D eigenvalue weighted by molar-refractivity contribution is 9.11. The number of amides is 4. The maximum atomic E-state index is 12.3. The second-order valence-electron chi connectivity index (χ2n) is 28.5. The molecule has 0 radical (unpaired) electrons. The van der Waals surface area contributed by atoms with E-state index in [0.717, 1.165) is 212 Å². The van der Waals surface area contributed by atoms with Crippen molar-refractivity contribution in [2.24, 2.45) is 17.6 Å². The van der Waals surface area contributed by atoms with Crippen molar-refractivity contribution in [1.82, 2.24) is 93.0 Å². The van der Waals surface area contributed by atoms with Gasteiger partial charge in [-0.1, -0.05) is 30.7 Å². The first-order valence-corrected chi connectivity index (χ1v) is 40.5. The van der Waals surface area contributed by atoms with E-state index < -0.39 is 0 Å². The largest absolute Gasteiger partial charge is 0.366 e. The molecule has 3 unspecified atom stereocenters. The zero-order valence-corrected chi connectivity index (χ0v) is 67.4. The molecule has 2 saturated carbocycles. The third kappa shape index (κ3) is 18.9. The summed E-state index contributed by atoms with van der Waals surface area (Å²) in [5.74, 6) is 5.95. The van der Waals surface area contributed by atoms with Crippen molar-refractivity contribution in [1.29, 1.82) is 0 Å². The topological polar surface area (TPSA) is 324 Å². The number of nitrogens with one attached hydrogen (secondary N) is 4. The summed E-state index contributed by atoms with van der Waals surface area (Å²) >= 11 is 14.2. The van der Waals surface area contributed by atoms with Crippen LogP contribution >= 0.6 is 63.7 Å². The number of aromatic nitrogens is 16. The minimum atomic E-state index is -0.374. The molecule has 5 fully saturated rings. The Kier molecular flexibility index (Phi) is 25.0. The fourth-order valence-electron chi connectivity index (χ4n) is 14.7. The Morgan fingerprint density at radius 1 is 0.409 bits per heavy atom. The Labute approximate surface area is 669 Å². The number of likely N-dealkylation sites (tertiary alicyclic amines) is 3. The van der Waals surface area contributed by atoms with Crippen molar-refractivity contribution in [2.45, 2.75) is 141 Å². The van der Waals surface area contributed by atoms with Gasteiger partial charge in [0.25, 0.3) is 0 Å². The Bertz CT molecular complexity index is 5010. The molecule has 2 aliphatic carbocycles. The summed E-state index contributed by atoms with van der Waals surface area (Å²) in [4.78, 5) is 89.0. The van der Waals surface area contributed by atoms with Crippen molar-refractivity contribution in [3.63, 3.8) is 0 Å². The molecule has 5 aliphatic rings. The van der Waals surface area contributed by atoms with Gasteiger partial charge in [-0.25, -0.2) is 24.7 Å². The van der Waals surface area contributed by atoms with E-state index in [0.29, 0.717) is 74.6 Å². The van der Waals surface area contributed by atoms with Crippen molar-refractivity contribution in [2.75, 3.05) is 60.5 Å². The molecule has 3 aliphatic heterocycles. The van der Waals surface area contributed by atoms with Gasteiger partial charge in [-0.15, -0.1) is 0 Å². The second kappa shape index (κ2) is 35.8. The smallest absolute Gasteiger partial charge is 0.314 e. The van der Waals surface area contributed by atoms with Crippen molar-refractivity contribution < 1.29 is 19.2 Å². The number of halogens is 4. The van der Waals surface area contributed by atoms with Crippen LogP contribution in [0.4, 0.5) is 28.1 Å². The van der Waals surface area contributed by atoms with Crippen LogP contribution < -0.4 is 27.0 Å². The summed E-state index contributed by atoms with van der Waals surface area (Å²) in [5, 5.41) is 31.6. The quantitative estimate of drug-likeness (QED) is 0.0533. The average molecular weight is 1740 g/mol. The number of Topliss-reactive ketones (excluding diaryl/α,β-unsaturated/α-hetero) is 1. The predicted molar refractivity (Wildman–Crippen MR) is 433 cm³/mol. The van der Waals surface area contributed by atoms with Gasteiger partial charge < -0.3 is 41.7 Å². The Hall–Kier alpha value is -9.92. The number of carbonyl (C=O) groups is 4. The van der Waals surface area contributed by atoms with E-state index in [2.05, 4.69) is 144 Å². The number of hydrogen-bond donors (Lipinski definition) is 5. The van der Waals surface area contributed by atoms with Crippen LogP contribution in [-0.4, -0.2) is 156 Å². The third-order valence-electron chi connectivity index (χ3n) is 20.9. The summed E-state index contributed by atoms with van der Waals surface area (Å²) in [6.45, 7) is 10.5. The van der Waals surface area contributed by atoms with Crippen LogP contribution in [0.3, 0.4) is 0 Å². The lowest BCUT2D eigenvalue weighted by Gasteiger charge is -2.32. The minimum absolute atomic E-state index is 0.147. The van der Waals surface area contributed by atoms with Crippen LogP contribution in [0.2, 0.25) is 0 Å². The van der Waals surface area contributed by atoms with Crippen LogP contribution in [0.15, 0.2) is 165 Å². The van der Waals surface area contributed by atoms with E-state index in [1.165, 1.54) is 0 Å². The fraction of sp³-hybridized carbons (Fsp3) is 0.385. The summed E-state index contributed by atoms with van der Waals surface area (Å²) in [6, 6.07) is 23.7. The summed E-state index contributed by atoms with van der Waals surface area (Å²) in [5.41, 5.74) is 17.1.